The van der Waals surface area contributed by atoms with Crippen molar-refractivity contribution in [2.75, 3.05) is 26.7 Å². The molecule has 2 fully saturated rings. The van der Waals surface area contributed by atoms with E-state index < -0.39 is 11.8 Å². The van der Waals surface area contributed by atoms with Gasteiger partial charge in [-0.15, -0.1) is 0 Å². The Hall–Kier alpha value is -2.19. The second-order valence-electron chi connectivity index (χ2n) is 10.2. The number of aliphatic hydroxyl groups is 1. The minimum atomic E-state index is -0.778. The van der Waals surface area contributed by atoms with E-state index >= 15 is 0 Å². The van der Waals surface area contributed by atoms with Crippen LogP contribution in [-0.4, -0.2) is 75.7 Å². The highest BCUT2D eigenvalue weighted by Gasteiger charge is 2.49. The van der Waals surface area contributed by atoms with Crippen LogP contribution in [0.2, 0.25) is 0 Å². The van der Waals surface area contributed by atoms with Gasteiger partial charge < -0.3 is 26.0 Å². The summed E-state index contributed by atoms with van der Waals surface area (Å²) in [6.07, 6.45) is 11.5. The number of hydrogen-bond donors (Lipinski definition) is 3. The predicted octanol–water partition coefficient (Wildman–Crippen LogP) is 1.95. The summed E-state index contributed by atoms with van der Waals surface area (Å²) in [7, 11) is 1.77. The van der Waals surface area contributed by atoms with Gasteiger partial charge in [0.2, 0.25) is 0 Å². The van der Waals surface area contributed by atoms with Crippen molar-refractivity contribution in [1.29, 1.82) is 0 Å². The molecule has 2 aliphatic heterocycles. The number of nitrogens with zero attached hydrogens (tertiary/aromatic N) is 4. The molecular weight excluding hydrogens is 404 g/mol. The minimum Gasteiger partial charge on any atom is -0.371 e. The van der Waals surface area contributed by atoms with E-state index in [-0.39, 0.29) is 11.4 Å². The van der Waals surface area contributed by atoms with E-state index in [4.69, 9.17) is 5.73 Å². The topological polar surface area (TPSA) is 107 Å². The largest absolute Gasteiger partial charge is 0.371 e. The molecule has 32 heavy (non-hydrogen) atoms. The van der Waals surface area contributed by atoms with Gasteiger partial charge in [0.25, 0.3) is 5.91 Å². The number of aliphatic hydroxyl groups excluding tert-OH is 1. The van der Waals surface area contributed by atoms with Crippen molar-refractivity contribution in [3.63, 3.8) is 0 Å². The standard InChI is InChI=1S/C24H38N6O2/c1-23(21(32)29(2)22(25)28-23)16-24(27-14-18-8-4-3-5-9-18)11-7-13-30(17-24)20(31)19-10-6-12-26-15-19/h6,10,12,15,18,21,27,32H,3-5,7-9,11,13-14,16-17H2,1-2H3,(H2,25,28)/t21?,23-,24+/m0/s1. The minimum absolute atomic E-state index is 0.0129. The molecule has 4 rings (SSSR count). The number of likely N-dealkylation sites (tertiary alicyclic amines) is 1. The lowest BCUT2D eigenvalue weighted by Gasteiger charge is -2.47. The number of piperidine rings is 1. The number of nitrogens with one attached hydrogen (secondary N) is 1. The smallest absolute Gasteiger partial charge is 0.255 e. The third-order valence-electron chi connectivity index (χ3n) is 7.61. The number of carbonyl (C=O) groups excluding carboxylic acids is 1. The highest BCUT2D eigenvalue weighted by molar-refractivity contribution is 5.94. The average Bonchev–Trinajstić information content (AvgIpc) is 3.00. The highest BCUT2D eigenvalue weighted by Crippen LogP contribution is 2.38. The zero-order valence-corrected chi connectivity index (χ0v) is 19.5. The number of pyridine rings is 1. The molecule has 4 N–H and O–H groups in total. The zero-order valence-electron chi connectivity index (χ0n) is 19.5. The molecule has 1 unspecified atom stereocenters. The van der Waals surface area contributed by atoms with Crippen LogP contribution in [0.5, 0.6) is 0 Å². The van der Waals surface area contributed by atoms with Crippen LogP contribution in [0.1, 0.15) is 68.6 Å². The molecular formula is C24H38N6O2. The van der Waals surface area contributed by atoms with E-state index in [0.29, 0.717) is 30.4 Å². The molecule has 0 spiro atoms. The quantitative estimate of drug-likeness (QED) is 0.622. The summed E-state index contributed by atoms with van der Waals surface area (Å²) in [5, 5.41) is 14.8. The maximum absolute atomic E-state index is 13.2. The summed E-state index contributed by atoms with van der Waals surface area (Å²) in [5.74, 6) is 1.04. The Balaban J connectivity index is 1.56. The fourth-order valence-electron chi connectivity index (χ4n) is 5.84. The van der Waals surface area contributed by atoms with Gasteiger partial charge in [-0.2, -0.15) is 0 Å². The van der Waals surface area contributed by atoms with Gasteiger partial charge in [-0.3, -0.25) is 9.78 Å². The van der Waals surface area contributed by atoms with Crippen LogP contribution in [0, 0.1) is 5.92 Å². The Morgan fingerprint density at radius 1 is 1.31 bits per heavy atom. The number of hydrogen-bond acceptors (Lipinski definition) is 7. The van der Waals surface area contributed by atoms with Gasteiger partial charge in [0.1, 0.15) is 5.54 Å². The molecule has 3 atom stereocenters. The zero-order chi connectivity index (χ0) is 22.8. The number of likely N-dealkylation sites (N-methyl/N-ethyl adjacent to an activating group) is 1. The van der Waals surface area contributed by atoms with Crippen LogP contribution < -0.4 is 11.1 Å². The first kappa shape index (κ1) is 23.0. The molecule has 1 aromatic heterocycles. The lowest BCUT2D eigenvalue weighted by atomic mass is 9.76. The normalized spacial score (nSPS) is 31.6. The van der Waals surface area contributed by atoms with Crippen molar-refractivity contribution in [1.82, 2.24) is 20.1 Å². The van der Waals surface area contributed by atoms with Crippen LogP contribution in [0.25, 0.3) is 0 Å². The monoisotopic (exact) mass is 442 g/mol. The molecule has 1 saturated heterocycles. The number of amides is 1. The van der Waals surface area contributed by atoms with Gasteiger partial charge in [-0.05, 0) is 63.6 Å². The number of carbonyl (C=O) groups is 1. The summed E-state index contributed by atoms with van der Waals surface area (Å²) >= 11 is 0. The SMILES string of the molecule is CN1C(N)=N[C@@](C)(C[C@]2(NCC3CCCCC3)CCCN(C(=O)c3cccnc3)C2)C1O. The van der Waals surface area contributed by atoms with Crippen molar-refractivity contribution in [3.05, 3.63) is 30.1 Å². The number of guanidine groups is 1. The fraction of sp³-hybridized carbons (Fsp3) is 0.708. The van der Waals surface area contributed by atoms with E-state index in [1.54, 1.807) is 30.4 Å². The van der Waals surface area contributed by atoms with Gasteiger partial charge in [-0.1, -0.05) is 19.3 Å². The number of aliphatic imine (C=N–C) groups is 1. The summed E-state index contributed by atoms with van der Waals surface area (Å²) < 4.78 is 0. The lowest BCUT2D eigenvalue weighted by molar-refractivity contribution is -0.00333. The third kappa shape index (κ3) is 4.76. The Bertz CT molecular complexity index is 827. The van der Waals surface area contributed by atoms with Crippen molar-refractivity contribution in [3.8, 4) is 0 Å². The molecule has 1 saturated carbocycles. The molecule has 8 nitrogen and oxygen atoms in total. The van der Waals surface area contributed by atoms with Crippen molar-refractivity contribution < 1.29 is 9.90 Å². The molecule has 3 aliphatic rings. The van der Waals surface area contributed by atoms with Crippen LogP contribution in [0.3, 0.4) is 0 Å². The molecule has 3 heterocycles. The number of nitrogens with two attached hydrogens (primary N) is 1. The van der Waals surface area contributed by atoms with Crippen LogP contribution in [-0.2, 0) is 0 Å². The van der Waals surface area contributed by atoms with E-state index in [9.17, 15) is 9.90 Å². The Morgan fingerprint density at radius 3 is 2.75 bits per heavy atom. The van der Waals surface area contributed by atoms with Gasteiger partial charge in [0, 0.05) is 38.1 Å². The van der Waals surface area contributed by atoms with Crippen molar-refractivity contribution >= 4 is 11.9 Å². The first-order valence-corrected chi connectivity index (χ1v) is 12.0. The second kappa shape index (κ2) is 9.35. The summed E-state index contributed by atoms with van der Waals surface area (Å²) in [6.45, 7) is 4.23. The van der Waals surface area contributed by atoms with Crippen molar-refractivity contribution in [2.24, 2.45) is 16.6 Å². The first-order chi connectivity index (χ1) is 15.3. The van der Waals surface area contributed by atoms with E-state index in [2.05, 4.69) is 15.3 Å². The molecule has 1 amide bonds. The number of rotatable bonds is 6. The van der Waals surface area contributed by atoms with Crippen LogP contribution in [0.15, 0.2) is 29.5 Å². The van der Waals surface area contributed by atoms with Gasteiger partial charge in [0.05, 0.1) is 5.56 Å². The maximum atomic E-state index is 13.2. The van der Waals surface area contributed by atoms with E-state index in [1.165, 1.54) is 32.1 Å². The predicted molar refractivity (Wildman–Crippen MR) is 125 cm³/mol. The van der Waals surface area contributed by atoms with Crippen LogP contribution >= 0.6 is 0 Å². The maximum Gasteiger partial charge on any atom is 0.255 e. The Morgan fingerprint density at radius 2 is 2.09 bits per heavy atom. The molecule has 0 aromatic carbocycles. The second-order valence-corrected chi connectivity index (χ2v) is 10.2. The summed E-state index contributed by atoms with van der Waals surface area (Å²) in [6, 6.07) is 3.62. The van der Waals surface area contributed by atoms with Gasteiger partial charge in [-0.25, -0.2) is 4.99 Å². The summed E-state index contributed by atoms with van der Waals surface area (Å²) in [4.78, 5) is 25.6. The Labute approximate surface area is 191 Å². The van der Waals surface area contributed by atoms with Crippen molar-refractivity contribution in [2.45, 2.75) is 75.6 Å². The van der Waals surface area contributed by atoms with E-state index in [0.717, 1.165) is 25.9 Å². The average molecular weight is 443 g/mol. The molecule has 176 valence electrons. The summed E-state index contributed by atoms with van der Waals surface area (Å²) in [5.41, 5.74) is 5.63. The highest BCUT2D eigenvalue weighted by atomic mass is 16.3. The molecule has 1 aliphatic carbocycles. The molecule has 0 bridgehead atoms. The third-order valence-corrected chi connectivity index (χ3v) is 7.61. The molecule has 8 heteroatoms. The van der Waals surface area contributed by atoms with Gasteiger partial charge >= 0.3 is 0 Å². The Kier molecular flexibility index (Phi) is 6.72. The molecule has 1 aromatic rings. The first-order valence-electron chi connectivity index (χ1n) is 12.0. The van der Waals surface area contributed by atoms with Gasteiger partial charge in [0.15, 0.2) is 12.2 Å². The van der Waals surface area contributed by atoms with Crippen LogP contribution in [0.4, 0.5) is 0 Å². The number of aromatic nitrogens is 1. The lowest BCUT2D eigenvalue weighted by Crippen LogP contribution is -2.62. The van der Waals surface area contributed by atoms with E-state index in [1.807, 2.05) is 17.9 Å². The molecule has 0 radical (unpaired) electrons. The fourth-order valence-corrected chi connectivity index (χ4v) is 5.84.